The van der Waals surface area contributed by atoms with Gasteiger partial charge < -0.3 is 0 Å². The summed E-state index contributed by atoms with van der Waals surface area (Å²) in [4.78, 5) is 0. The molecule has 1 aromatic carbocycles. The molecule has 0 heterocycles. The van der Waals surface area contributed by atoms with E-state index in [-0.39, 0.29) is 6.04 Å². The summed E-state index contributed by atoms with van der Waals surface area (Å²) in [5.74, 6) is 6.23. The Bertz CT molecular complexity index is 328. The number of nitrogens with two attached hydrogens (primary N) is 1. The van der Waals surface area contributed by atoms with Crippen molar-refractivity contribution in [3.63, 3.8) is 0 Å². The van der Waals surface area contributed by atoms with E-state index in [1.54, 1.807) is 0 Å². The quantitative estimate of drug-likeness (QED) is 0.474. The molecule has 2 nitrogen and oxygen atoms in total. The van der Waals surface area contributed by atoms with Crippen molar-refractivity contribution in [1.82, 2.24) is 5.43 Å². The average Bonchev–Trinajstić information content (AvgIpc) is 2.18. The Labute approximate surface area is 113 Å². The number of benzene rings is 1. The Balaban J connectivity index is 2.95. The van der Waals surface area contributed by atoms with Gasteiger partial charge in [-0.3, -0.25) is 11.3 Å². The van der Waals surface area contributed by atoms with Crippen molar-refractivity contribution in [2.75, 3.05) is 0 Å². The Kier molecular flexibility index (Phi) is 5.52. The van der Waals surface area contributed by atoms with Gasteiger partial charge in [-0.1, -0.05) is 29.8 Å². The first kappa shape index (κ1) is 13.4. The van der Waals surface area contributed by atoms with Gasteiger partial charge in [0.25, 0.3) is 0 Å². The highest BCUT2D eigenvalue weighted by atomic mass is 127. The smallest absolute Gasteiger partial charge is 0.0473 e. The number of halogens is 2. The minimum Gasteiger partial charge on any atom is -0.271 e. The zero-order valence-electron chi connectivity index (χ0n) is 8.93. The lowest BCUT2D eigenvalue weighted by atomic mass is 9.98. The van der Waals surface area contributed by atoms with Crippen LogP contribution < -0.4 is 11.3 Å². The molecular formula is C11H16BrIN2. The van der Waals surface area contributed by atoms with Gasteiger partial charge in [0.1, 0.15) is 0 Å². The van der Waals surface area contributed by atoms with Gasteiger partial charge in [0.15, 0.2) is 0 Å². The molecular weight excluding hydrogens is 367 g/mol. The molecule has 0 radical (unpaired) electrons. The van der Waals surface area contributed by atoms with Crippen LogP contribution in [0.25, 0.3) is 0 Å². The summed E-state index contributed by atoms with van der Waals surface area (Å²) in [6, 6.07) is 6.52. The number of rotatable bonds is 4. The van der Waals surface area contributed by atoms with E-state index in [0.717, 1.165) is 10.9 Å². The van der Waals surface area contributed by atoms with E-state index in [2.05, 4.69) is 69.9 Å². The Morgan fingerprint density at radius 2 is 2.13 bits per heavy atom. The molecule has 3 N–H and O–H groups in total. The SMILES string of the molecule is CC(C)CC(NN)c1cc(Br)ccc1I. The van der Waals surface area contributed by atoms with Crippen LogP contribution in [0.15, 0.2) is 22.7 Å². The molecule has 0 aliphatic heterocycles. The third-order valence-electron chi connectivity index (χ3n) is 2.24. The fourth-order valence-corrected chi connectivity index (χ4v) is 2.63. The van der Waals surface area contributed by atoms with Crippen LogP contribution in [0.5, 0.6) is 0 Å². The fourth-order valence-electron chi connectivity index (χ4n) is 1.54. The summed E-state index contributed by atoms with van der Waals surface area (Å²) < 4.78 is 2.35. The molecule has 0 aliphatic carbocycles. The van der Waals surface area contributed by atoms with Gasteiger partial charge in [-0.15, -0.1) is 0 Å². The summed E-state index contributed by atoms with van der Waals surface area (Å²) in [7, 11) is 0. The molecule has 4 heteroatoms. The van der Waals surface area contributed by atoms with Crippen molar-refractivity contribution in [2.45, 2.75) is 26.3 Å². The Hall–Kier alpha value is 0.350. The van der Waals surface area contributed by atoms with Crippen molar-refractivity contribution >= 4 is 38.5 Å². The second-order valence-corrected chi connectivity index (χ2v) is 6.09. The highest BCUT2D eigenvalue weighted by Gasteiger charge is 2.14. The first-order chi connectivity index (χ1) is 7.04. The van der Waals surface area contributed by atoms with Gasteiger partial charge in [-0.25, -0.2) is 0 Å². The topological polar surface area (TPSA) is 38.0 Å². The minimum absolute atomic E-state index is 0.231. The minimum atomic E-state index is 0.231. The number of hydrogen-bond acceptors (Lipinski definition) is 2. The molecule has 15 heavy (non-hydrogen) atoms. The predicted octanol–water partition coefficient (Wildman–Crippen LogP) is 3.60. The van der Waals surface area contributed by atoms with Crippen molar-refractivity contribution in [3.8, 4) is 0 Å². The van der Waals surface area contributed by atoms with E-state index in [9.17, 15) is 0 Å². The first-order valence-corrected chi connectivity index (χ1v) is 6.82. The molecule has 84 valence electrons. The maximum absolute atomic E-state index is 5.60. The van der Waals surface area contributed by atoms with E-state index in [0.29, 0.717) is 5.92 Å². The van der Waals surface area contributed by atoms with Gasteiger partial charge in [0, 0.05) is 14.1 Å². The van der Waals surface area contributed by atoms with E-state index in [4.69, 9.17) is 5.84 Å². The molecule has 0 bridgehead atoms. The Morgan fingerprint density at radius 1 is 1.47 bits per heavy atom. The molecule has 0 saturated heterocycles. The fraction of sp³-hybridized carbons (Fsp3) is 0.455. The zero-order chi connectivity index (χ0) is 11.4. The molecule has 1 rings (SSSR count). The number of hydrazine groups is 1. The van der Waals surface area contributed by atoms with Gasteiger partial charge in [0.05, 0.1) is 0 Å². The molecule has 0 spiro atoms. The van der Waals surface area contributed by atoms with Crippen LogP contribution in [0.1, 0.15) is 31.9 Å². The second kappa shape index (κ2) is 6.18. The lowest BCUT2D eigenvalue weighted by Crippen LogP contribution is -2.29. The van der Waals surface area contributed by atoms with E-state index < -0.39 is 0 Å². The zero-order valence-corrected chi connectivity index (χ0v) is 12.7. The third kappa shape index (κ3) is 4.01. The Morgan fingerprint density at radius 3 is 2.67 bits per heavy atom. The second-order valence-electron chi connectivity index (χ2n) is 4.01. The van der Waals surface area contributed by atoms with Gasteiger partial charge in [-0.2, -0.15) is 0 Å². The van der Waals surface area contributed by atoms with Crippen LogP contribution in [-0.2, 0) is 0 Å². The summed E-state index contributed by atoms with van der Waals surface area (Å²) in [5, 5.41) is 0. The first-order valence-electron chi connectivity index (χ1n) is 4.95. The summed E-state index contributed by atoms with van der Waals surface area (Å²) in [5.41, 5.74) is 4.16. The average molecular weight is 383 g/mol. The van der Waals surface area contributed by atoms with Crippen molar-refractivity contribution in [2.24, 2.45) is 11.8 Å². The number of hydrogen-bond donors (Lipinski definition) is 2. The van der Waals surface area contributed by atoms with Crippen LogP contribution in [-0.4, -0.2) is 0 Å². The third-order valence-corrected chi connectivity index (χ3v) is 3.72. The van der Waals surface area contributed by atoms with Crippen LogP contribution in [0.3, 0.4) is 0 Å². The normalized spacial score (nSPS) is 13.2. The molecule has 0 amide bonds. The van der Waals surface area contributed by atoms with Gasteiger partial charge >= 0.3 is 0 Å². The molecule has 1 atom stereocenters. The van der Waals surface area contributed by atoms with Crippen LogP contribution in [0.4, 0.5) is 0 Å². The molecule has 1 unspecified atom stereocenters. The number of nitrogens with one attached hydrogen (secondary N) is 1. The van der Waals surface area contributed by atoms with Crippen molar-refractivity contribution in [1.29, 1.82) is 0 Å². The molecule has 0 aliphatic rings. The van der Waals surface area contributed by atoms with E-state index in [1.165, 1.54) is 9.13 Å². The molecule has 0 fully saturated rings. The molecule has 0 aromatic heterocycles. The highest BCUT2D eigenvalue weighted by Crippen LogP contribution is 2.27. The van der Waals surface area contributed by atoms with Crippen molar-refractivity contribution < 1.29 is 0 Å². The highest BCUT2D eigenvalue weighted by molar-refractivity contribution is 14.1. The monoisotopic (exact) mass is 382 g/mol. The summed E-state index contributed by atoms with van der Waals surface area (Å²) >= 11 is 5.83. The maximum Gasteiger partial charge on any atom is 0.0473 e. The predicted molar refractivity (Wildman–Crippen MR) is 76.4 cm³/mol. The van der Waals surface area contributed by atoms with E-state index >= 15 is 0 Å². The van der Waals surface area contributed by atoms with Crippen LogP contribution in [0.2, 0.25) is 0 Å². The van der Waals surface area contributed by atoms with Crippen LogP contribution >= 0.6 is 38.5 Å². The lowest BCUT2D eigenvalue weighted by molar-refractivity contribution is 0.436. The lowest BCUT2D eigenvalue weighted by Gasteiger charge is -2.20. The standard InChI is InChI=1S/C11H16BrIN2/c1-7(2)5-11(15-14)9-6-8(12)3-4-10(9)13/h3-4,6-7,11,15H,5,14H2,1-2H3. The maximum atomic E-state index is 5.60. The van der Waals surface area contributed by atoms with E-state index in [1.807, 2.05) is 6.07 Å². The molecule has 0 saturated carbocycles. The van der Waals surface area contributed by atoms with Gasteiger partial charge in [-0.05, 0) is 58.7 Å². The van der Waals surface area contributed by atoms with Crippen LogP contribution in [0, 0.1) is 9.49 Å². The van der Waals surface area contributed by atoms with Gasteiger partial charge in [0.2, 0.25) is 0 Å². The molecule has 1 aromatic rings. The summed E-state index contributed by atoms with van der Waals surface area (Å²) in [6.45, 7) is 4.41. The summed E-state index contributed by atoms with van der Waals surface area (Å²) in [6.07, 6.45) is 1.04. The van der Waals surface area contributed by atoms with Crippen molar-refractivity contribution in [3.05, 3.63) is 31.8 Å². The largest absolute Gasteiger partial charge is 0.271 e.